The molecule has 0 fully saturated rings. The lowest BCUT2D eigenvalue weighted by atomic mass is 10.2. The smallest absolute Gasteiger partial charge is 0.197 e. The highest BCUT2D eigenvalue weighted by molar-refractivity contribution is 7.11. The molecular weight excluding hydrogens is 327 g/mol. The molecule has 0 saturated heterocycles. The number of nitrogens with two attached hydrogens (primary N) is 1. The third-order valence-electron chi connectivity index (χ3n) is 3.00. The first-order valence-electron chi connectivity index (χ1n) is 7.03. The number of rotatable bonds is 4. The van der Waals surface area contributed by atoms with Gasteiger partial charge in [-0.25, -0.2) is 24.3 Å². The first-order chi connectivity index (χ1) is 11.7. The topological polar surface area (TPSA) is 89.4 Å². The van der Waals surface area contributed by atoms with E-state index in [0.717, 1.165) is 0 Å². The molecule has 1 aromatic carbocycles. The average molecular weight is 340 g/mol. The van der Waals surface area contributed by atoms with Crippen LogP contribution in [0.25, 0.3) is 0 Å². The molecule has 2 heterocycles. The summed E-state index contributed by atoms with van der Waals surface area (Å²) in [6, 6.07) is 8.11. The van der Waals surface area contributed by atoms with Crippen LogP contribution in [0.1, 0.15) is 16.4 Å². The minimum Gasteiger partial charge on any atom is -0.381 e. The fourth-order valence-corrected chi connectivity index (χ4v) is 2.41. The number of thiazole rings is 1. The number of aliphatic imine (C=N–C) groups is 2. The van der Waals surface area contributed by atoms with Crippen LogP contribution in [0.3, 0.4) is 0 Å². The quantitative estimate of drug-likeness (QED) is 0.583. The maximum atomic E-state index is 13.8. The second-order valence-electron chi connectivity index (χ2n) is 4.64. The first kappa shape index (κ1) is 15.9. The molecule has 0 bridgehead atoms. The van der Waals surface area contributed by atoms with E-state index in [4.69, 9.17) is 5.73 Å². The molecule has 6 nitrogen and oxygen atoms in total. The lowest BCUT2D eigenvalue weighted by Crippen LogP contribution is -2.17. The predicted molar refractivity (Wildman–Crippen MR) is 91.5 cm³/mol. The van der Waals surface area contributed by atoms with Crippen LogP contribution in [0.5, 0.6) is 0 Å². The van der Waals surface area contributed by atoms with Crippen molar-refractivity contribution in [3.8, 4) is 0 Å². The predicted octanol–water partition coefficient (Wildman–Crippen LogP) is 2.42. The molecule has 2 aromatic heterocycles. The van der Waals surface area contributed by atoms with Gasteiger partial charge < -0.3 is 5.73 Å². The van der Waals surface area contributed by atoms with Gasteiger partial charge >= 0.3 is 0 Å². The summed E-state index contributed by atoms with van der Waals surface area (Å²) in [6.45, 7) is 0.106. The van der Waals surface area contributed by atoms with Gasteiger partial charge in [-0.3, -0.25) is 4.99 Å². The molecule has 0 unspecified atom stereocenters. The van der Waals surface area contributed by atoms with E-state index in [1.165, 1.54) is 17.4 Å². The Bertz CT molecular complexity index is 861. The summed E-state index contributed by atoms with van der Waals surface area (Å²) in [4.78, 5) is 21.0. The minimum atomic E-state index is -0.327. The van der Waals surface area contributed by atoms with E-state index >= 15 is 0 Å². The van der Waals surface area contributed by atoms with E-state index in [1.807, 2.05) is 0 Å². The van der Waals surface area contributed by atoms with Gasteiger partial charge in [0.1, 0.15) is 5.82 Å². The van der Waals surface area contributed by atoms with Gasteiger partial charge in [0, 0.05) is 29.5 Å². The Morgan fingerprint density at radius 3 is 2.58 bits per heavy atom. The van der Waals surface area contributed by atoms with Crippen LogP contribution in [0.2, 0.25) is 0 Å². The third-order valence-corrected chi connectivity index (χ3v) is 3.80. The van der Waals surface area contributed by atoms with Crippen LogP contribution in [0, 0.1) is 5.82 Å². The van der Waals surface area contributed by atoms with Crippen molar-refractivity contribution in [1.29, 1.82) is 0 Å². The maximum Gasteiger partial charge on any atom is 0.197 e. The van der Waals surface area contributed by atoms with Crippen LogP contribution in [0.4, 0.5) is 4.39 Å². The van der Waals surface area contributed by atoms with Gasteiger partial charge in [-0.05, 0) is 12.1 Å². The Morgan fingerprint density at radius 2 is 1.88 bits per heavy atom. The van der Waals surface area contributed by atoms with Crippen LogP contribution in [0.15, 0.2) is 64.3 Å². The molecule has 2 N–H and O–H groups in total. The maximum absolute atomic E-state index is 13.8. The normalized spacial score (nSPS) is 12.4. The molecule has 24 heavy (non-hydrogen) atoms. The van der Waals surface area contributed by atoms with Crippen molar-refractivity contribution in [2.24, 2.45) is 15.7 Å². The van der Waals surface area contributed by atoms with Crippen LogP contribution in [-0.4, -0.2) is 26.6 Å². The van der Waals surface area contributed by atoms with Crippen molar-refractivity contribution < 1.29 is 4.39 Å². The largest absolute Gasteiger partial charge is 0.381 e. The van der Waals surface area contributed by atoms with Crippen molar-refractivity contribution in [3.63, 3.8) is 0 Å². The third kappa shape index (κ3) is 3.85. The number of nitrogens with zero attached hydrogens (tertiary/aromatic N) is 5. The molecule has 0 amide bonds. The number of halogens is 1. The zero-order valence-electron chi connectivity index (χ0n) is 12.5. The second-order valence-corrected chi connectivity index (χ2v) is 5.53. The molecule has 0 aliphatic rings. The highest BCUT2D eigenvalue weighted by Crippen LogP contribution is 2.10. The highest BCUT2D eigenvalue weighted by atomic mass is 32.1. The fraction of sp³-hybridized carbons (Fsp3) is 0.0625. The molecule has 3 rings (SSSR count). The van der Waals surface area contributed by atoms with E-state index in [0.29, 0.717) is 16.4 Å². The summed E-state index contributed by atoms with van der Waals surface area (Å²) in [5.74, 6) is 0.427. The Kier molecular flexibility index (Phi) is 4.97. The molecule has 0 spiro atoms. The number of aromatic nitrogens is 3. The van der Waals surface area contributed by atoms with E-state index in [1.54, 1.807) is 48.2 Å². The number of benzene rings is 1. The van der Waals surface area contributed by atoms with Gasteiger partial charge in [0.05, 0.1) is 6.54 Å². The fourth-order valence-electron chi connectivity index (χ4n) is 1.87. The van der Waals surface area contributed by atoms with Gasteiger partial charge in [0.2, 0.25) is 0 Å². The lowest BCUT2D eigenvalue weighted by Gasteiger charge is -2.03. The zero-order chi connectivity index (χ0) is 16.8. The Balaban J connectivity index is 1.95. The van der Waals surface area contributed by atoms with Gasteiger partial charge in [-0.1, -0.05) is 18.2 Å². The Morgan fingerprint density at radius 1 is 1.08 bits per heavy atom. The summed E-state index contributed by atoms with van der Waals surface area (Å²) in [5, 5.41) is 2.37. The summed E-state index contributed by atoms with van der Waals surface area (Å²) >= 11 is 1.36. The summed E-state index contributed by atoms with van der Waals surface area (Å²) < 4.78 is 13.8. The second kappa shape index (κ2) is 7.51. The molecule has 3 aromatic rings. The van der Waals surface area contributed by atoms with E-state index in [9.17, 15) is 4.39 Å². The number of hydrogen-bond donors (Lipinski definition) is 1. The van der Waals surface area contributed by atoms with Crippen LogP contribution < -0.4 is 5.73 Å². The van der Waals surface area contributed by atoms with Crippen molar-refractivity contribution in [2.75, 3.05) is 0 Å². The molecule has 0 aliphatic heterocycles. The van der Waals surface area contributed by atoms with Gasteiger partial charge in [0.25, 0.3) is 0 Å². The van der Waals surface area contributed by atoms with Crippen molar-refractivity contribution in [3.05, 3.63) is 76.5 Å². The molecule has 0 radical (unpaired) electrons. The average Bonchev–Trinajstić information content (AvgIpc) is 3.15. The zero-order valence-corrected chi connectivity index (χ0v) is 13.3. The van der Waals surface area contributed by atoms with Gasteiger partial charge in [-0.15, -0.1) is 11.3 Å². The van der Waals surface area contributed by atoms with E-state index < -0.39 is 0 Å². The highest BCUT2D eigenvalue weighted by Gasteiger charge is 2.09. The van der Waals surface area contributed by atoms with Gasteiger partial charge in [-0.2, -0.15) is 0 Å². The first-order valence-corrected chi connectivity index (χ1v) is 7.91. The molecule has 8 heteroatoms. The molecule has 0 saturated carbocycles. The Hall–Kier alpha value is -3.00. The SMILES string of the molecule is NC(=NC(=NCc1ccccc1F)c1ncccn1)c1nccs1. The molecule has 120 valence electrons. The standard InChI is InChI=1S/C16H13FN6S/c17-12-5-2-1-4-11(12)10-22-15(14-19-6-3-7-20-14)23-13(18)16-21-8-9-24-16/h1-9H,10H2,(H2,18,22,23). The molecule has 0 aliphatic carbocycles. The monoisotopic (exact) mass is 340 g/mol. The summed E-state index contributed by atoms with van der Waals surface area (Å²) in [5.41, 5.74) is 6.42. The minimum absolute atomic E-state index is 0.106. The van der Waals surface area contributed by atoms with Gasteiger partial charge in [0.15, 0.2) is 22.5 Å². The summed E-state index contributed by atoms with van der Waals surface area (Å²) in [6.07, 6.45) is 4.80. The van der Waals surface area contributed by atoms with E-state index in [2.05, 4.69) is 24.9 Å². The molecule has 0 atom stereocenters. The van der Waals surface area contributed by atoms with Crippen molar-refractivity contribution in [2.45, 2.75) is 6.54 Å². The molecular formula is C16H13FN6S. The number of hydrogen-bond acceptors (Lipinski definition) is 5. The van der Waals surface area contributed by atoms with Crippen LogP contribution in [-0.2, 0) is 6.54 Å². The van der Waals surface area contributed by atoms with Crippen molar-refractivity contribution >= 4 is 23.0 Å². The summed E-state index contributed by atoms with van der Waals surface area (Å²) in [7, 11) is 0. The lowest BCUT2D eigenvalue weighted by molar-refractivity contribution is 0.611. The van der Waals surface area contributed by atoms with Crippen LogP contribution >= 0.6 is 11.3 Å². The Labute approximate surface area is 141 Å². The number of amidine groups is 2. The van der Waals surface area contributed by atoms with Crippen molar-refractivity contribution in [1.82, 2.24) is 15.0 Å². The van der Waals surface area contributed by atoms with E-state index in [-0.39, 0.29) is 24.0 Å².